The number of carbonyl (C=O) groups excluding carboxylic acids is 1. The van der Waals surface area contributed by atoms with Gasteiger partial charge in [0, 0.05) is 6.42 Å². The summed E-state index contributed by atoms with van der Waals surface area (Å²) in [5.41, 5.74) is -0.368. The molecule has 0 aromatic carbocycles. The van der Waals surface area contributed by atoms with E-state index in [1.165, 1.54) is 0 Å². The van der Waals surface area contributed by atoms with Gasteiger partial charge >= 0.3 is 5.97 Å². The van der Waals surface area contributed by atoms with Crippen LogP contribution in [0.15, 0.2) is 0 Å². The van der Waals surface area contributed by atoms with Gasteiger partial charge in [0.1, 0.15) is 5.60 Å². The maximum absolute atomic E-state index is 11.2. The first-order chi connectivity index (χ1) is 5.35. The molecule has 3 heteroatoms. The standard InChI is InChI=1S/C9H18O2S/c1-7(6-12)5-8(10)11-9(2,3)4/h7,12H,5-6H2,1-4H3. The molecule has 12 heavy (non-hydrogen) atoms. The highest BCUT2D eigenvalue weighted by molar-refractivity contribution is 7.80. The van der Waals surface area contributed by atoms with Gasteiger partial charge in [0.25, 0.3) is 0 Å². The molecule has 0 saturated heterocycles. The van der Waals surface area contributed by atoms with Crippen molar-refractivity contribution in [2.24, 2.45) is 5.92 Å². The Morgan fingerprint density at radius 1 is 1.50 bits per heavy atom. The van der Waals surface area contributed by atoms with E-state index in [0.29, 0.717) is 12.3 Å². The zero-order valence-corrected chi connectivity index (χ0v) is 9.15. The molecule has 0 amide bonds. The van der Waals surface area contributed by atoms with Gasteiger partial charge in [0.15, 0.2) is 0 Å². The molecule has 1 atom stereocenters. The smallest absolute Gasteiger partial charge is 0.306 e. The number of hydrogen-bond acceptors (Lipinski definition) is 3. The average Bonchev–Trinajstić information content (AvgIpc) is 1.82. The van der Waals surface area contributed by atoms with Crippen LogP contribution < -0.4 is 0 Å². The first kappa shape index (κ1) is 11.8. The predicted molar refractivity (Wildman–Crippen MR) is 53.5 cm³/mol. The van der Waals surface area contributed by atoms with Gasteiger partial charge in [-0.1, -0.05) is 6.92 Å². The highest BCUT2D eigenvalue weighted by Gasteiger charge is 2.17. The zero-order chi connectivity index (χ0) is 9.78. The Kier molecular flexibility index (Phi) is 4.68. The normalized spacial score (nSPS) is 14.1. The van der Waals surface area contributed by atoms with Gasteiger partial charge in [-0.25, -0.2) is 0 Å². The molecule has 0 N–H and O–H groups in total. The third kappa shape index (κ3) is 6.53. The van der Waals surface area contributed by atoms with E-state index in [9.17, 15) is 4.79 Å². The van der Waals surface area contributed by atoms with E-state index in [-0.39, 0.29) is 11.6 Å². The van der Waals surface area contributed by atoms with Crippen LogP contribution in [0, 0.1) is 5.92 Å². The highest BCUT2D eigenvalue weighted by atomic mass is 32.1. The maximum Gasteiger partial charge on any atom is 0.306 e. The van der Waals surface area contributed by atoms with E-state index in [4.69, 9.17) is 4.74 Å². The molecule has 2 nitrogen and oxygen atoms in total. The Labute approximate surface area is 80.1 Å². The van der Waals surface area contributed by atoms with E-state index >= 15 is 0 Å². The fourth-order valence-corrected chi connectivity index (χ4v) is 0.861. The van der Waals surface area contributed by atoms with Crippen LogP contribution in [-0.4, -0.2) is 17.3 Å². The fraction of sp³-hybridized carbons (Fsp3) is 0.889. The molecule has 0 saturated carbocycles. The second kappa shape index (κ2) is 4.75. The Morgan fingerprint density at radius 3 is 2.33 bits per heavy atom. The van der Waals surface area contributed by atoms with Gasteiger partial charge in [-0.3, -0.25) is 4.79 Å². The van der Waals surface area contributed by atoms with Gasteiger partial charge in [-0.15, -0.1) is 0 Å². The molecule has 1 unspecified atom stereocenters. The van der Waals surface area contributed by atoms with E-state index < -0.39 is 0 Å². The summed E-state index contributed by atoms with van der Waals surface area (Å²) in [6.07, 6.45) is 0.459. The van der Waals surface area contributed by atoms with Crippen molar-refractivity contribution in [3.8, 4) is 0 Å². The summed E-state index contributed by atoms with van der Waals surface area (Å²) >= 11 is 4.09. The molecule has 0 aromatic rings. The summed E-state index contributed by atoms with van der Waals surface area (Å²) in [6, 6.07) is 0. The Hall–Kier alpha value is -0.180. The average molecular weight is 190 g/mol. The lowest BCUT2D eigenvalue weighted by molar-refractivity contribution is -0.155. The van der Waals surface area contributed by atoms with Crippen LogP contribution in [0.5, 0.6) is 0 Å². The molecule has 0 aromatic heterocycles. The molecule has 0 spiro atoms. The van der Waals surface area contributed by atoms with Crippen LogP contribution in [0.3, 0.4) is 0 Å². The van der Waals surface area contributed by atoms with Crippen molar-refractivity contribution < 1.29 is 9.53 Å². The Balaban J connectivity index is 3.75. The molecule has 0 radical (unpaired) electrons. The van der Waals surface area contributed by atoms with Gasteiger partial charge in [0.05, 0.1) is 0 Å². The lowest BCUT2D eigenvalue weighted by Gasteiger charge is -2.20. The minimum atomic E-state index is -0.368. The molecule has 0 aliphatic heterocycles. The lowest BCUT2D eigenvalue weighted by Crippen LogP contribution is -2.25. The van der Waals surface area contributed by atoms with Crippen LogP contribution in [-0.2, 0) is 9.53 Å². The van der Waals surface area contributed by atoms with Crippen LogP contribution in [0.2, 0.25) is 0 Å². The summed E-state index contributed by atoms with van der Waals surface area (Å²) in [4.78, 5) is 11.2. The topological polar surface area (TPSA) is 26.3 Å². The second-order valence-corrected chi connectivity index (χ2v) is 4.44. The summed E-state index contributed by atoms with van der Waals surface area (Å²) in [6.45, 7) is 7.60. The summed E-state index contributed by atoms with van der Waals surface area (Å²) in [7, 11) is 0. The molecular formula is C9H18O2S. The SMILES string of the molecule is CC(CS)CC(=O)OC(C)(C)C. The number of hydrogen-bond donors (Lipinski definition) is 1. The molecule has 0 aliphatic carbocycles. The number of rotatable bonds is 3. The first-order valence-corrected chi connectivity index (χ1v) is 4.81. The van der Waals surface area contributed by atoms with Crippen molar-refractivity contribution in [1.29, 1.82) is 0 Å². The van der Waals surface area contributed by atoms with E-state index in [2.05, 4.69) is 12.6 Å². The van der Waals surface area contributed by atoms with Gasteiger partial charge in [-0.05, 0) is 32.4 Å². The van der Waals surface area contributed by atoms with Gasteiger partial charge in [-0.2, -0.15) is 12.6 Å². The molecule has 72 valence electrons. The van der Waals surface area contributed by atoms with Crippen LogP contribution in [0.1, 0.15) is 34.1 Å². The molecule has 0 bridgehead atoms. The van der Waals surface area contributed by atoms with Crippen LogP contribution >= 0.6 is 12.6 Å². The summed E-state index contributed by atoms with van der Waals surface area (Å²) < 4.78 is 5.14. The van der Waals surface area contributed by atoms with Crippen LogP contribution in [0.25, 0.3) is 0 Å². The number of thiol groups is 1. The van der Waals surface area contributed by atoms with Gasteiger partial charge in [0.2, 0.25) is 0 Å². The Bertz CT molecular complexity index is 149. The quantitative estimate of drug-likeness (QED) is 0.546. The van der Waals surface area contributed by atoms with Crippen molar-refractivity contribution in [2.75, 3.05) is 5.75 Å². The Morgan fingerprint density at radius 2 is 2.00 bits per heavy atom. The number of ether oxygens (including phenoxy) is 1. The van der Waals surface area contributed by atoms with Gasteiger partial charge < -0.3 is 4.74 Å². The van der Waals surface area contributed by atoms with E-state index in [0.717, 1.165) is 5.75 Å². The molecule has 0 fully saturated rings. The monoisotopic (exact) mass is 190 g/mol. The van der Waals surface area contributed by atoms with Crippen molar-refractivity contribution >= 4 is 18.6 Å². The summed E-state index contributed by atoms with van der Waals surface area (Å²) in [5, 5.41) is 0. The predicted octanol–water partition coefficient (Wildman–Crippen LogP) is 2.28. The third-order valence-corrected chi connectivity index (χ3v) is 1.87. The molecule has 0 heterocycles. The molecular weight excluding hydrogens is 172 g/mol. The van der Waals surface area contributed by atoms with Crippen molar-refractivity contribution in [2.45, 2.75) is 39.7 Å². The van der Waals surface area contributed by atoms with E-state index in [1.807, 2.05) is 27.7 Å². The third-order valence-electron chi connectivity index (χ3n) is 1.25. The minimum Gasteiger partial charge on any atom is -0.460 e. The van der Waals surface area contributed by atoms with Crippen molar-refractivity contribution in [3.05, 3.63) is 0 Å². The highest BCUT2D eigenvalue weighted by Crippen LogP contribution is 2.12. The number of carbonyl (C=O) groups is 1. The summed E-state index contributed by atoms with van der Waals surface area (Å²) in [5.74, 6) is 0.881. The lowest BCUT2D eigenvalue weighted by atomic mass is 10.1. The van der Waals surface area contributed by atoms with E-state index in [1.54, 1.807) is 0 Å². The molecule has 0 rings (SSSR count). The fourth-order valence-electron chi connectivity index (χ4n) is 0.732. The minimum absolute atomic E-state index is 0.135. The van der Waals surface area contributed by atoms with Crippen LogP contribution in [0.4, 0.5) is 0 Å². The maximum atomic E-state index is 11.2. The number of esters is 1. The second-order valence-electron chi connectivity index (χ2n) is 4.08. The first-order valence-electron chi connectivity index (χ1n) is 4.18. The largest absolute Gasteiger partial charge is 0.460 e. The van der Waals surface area contributed by atoms with Crippen molar-refractivity contribution in [3.63, 3.8) is 0 Å². The zero-order valence-electron chi connectivity index (χ0n) is 8.26. The molecule has 0 aliphatic rings. The van der Waals surface area contributed by atoms with Crippen molar-refractivity contribution in [1.82, 2.24) is 0 Å².